The Kier molecular flexibility index (Phi) is 6.05. The fourth-order valence-corrected chi connectivity index (χ4v) is 6.16. The van der Waals surface area contributed by atoms with Gasteiger partial charge in [0, 0.05) is 37.4 Å². The summed E-state index contributed by atoms with van der Waals surface area (Å²) in [5.41, 5.74) is 1.92. The zero-order chi connectivity index (χ0) is 23.0. The number of sulfonamides is 1. The highest BCUT2D eigenvalue weighted by Gasteiger charge is 2.35. The van der Waals surface area contributed by atoms with E-state index in [1.54, 1.807) is 23.1 Å². The zero-order valence-electron chi connectivity index (χ0n) is 18.0. The first-order valence-electron chi connectivity index (χ1n) is 10.7. The summed E-state index contributed by atoms with van der Waals surface area (Å²) in [6.07, 6.45) is 1.71. The maximum absolute atomic E-state index is 13.4. The minimum Gasteiger partial charge on any atom is -0.326 e. The summed E-state index contributed by atoms with van der Waals surface area (Å²) in [5.74, 6) is -1.38. The number of carbonyl (C=O) groups is 2. The molecule has 0 radical (unpaired) electrons. The van der Waals surface area contributed by atoms with Crippen molar-refractivity contribution in [2.24, 2.45) is 5.92 Å². The Labute approximate surface area is 187 Å². The summed E-state index contributed by atoms with van der Waals surface area (Å²) in [7, 11) is -3.79. The van der Waals surface area contributed by atoms with Gasteiger partial charge in [0.1, 0.15) is 5.82 Å². The first-order valence-corrected chi connectivity index (χ1v) is 12.1. The molecule has 1 fully saturated rings. The van der Waals surface area contributed by atoms with Crippen molar-refractivity contribution < 1.29 is 22.4 Å². The number of hydrogen-bond acceptors (Lipinski definition) is 4. The Morgan fingerprint density at radius 2 is 1.94 bits per heavy atom. The van der Waals surface area contributed by atoms with Gasteiger partial charge in [-0.1, -0.05) is 6.07 Å². The molecule has 1 saturated heterocycles. The van der Waals surface area contributed by atoms with Crippen LogP contribution in [0.3, 0.4) is 0 Å². The number of carbonyl (C=O) groups excluding carboxylic acids is 2. The number of hydrogen-bond donors (Lipinski definition) is 1. The van der Waals surface area contributed by atoms with Crippen molar-refractivity contribution in [2.75, 3.05) is 23.3 Å². The van der Waals surface area contributed by atoms with E-state index >= 15 is 0 Å². The highest BCUT2D eigenvalue weighted by molar-refractivity contribution is 7.89. The summed E-state index contributed by atoms with van der Waals surface area (Å²) < 4.78 is 41.4. The quantitative estimate of drug-likeness (QED) is 0.761. The molecule has 2 heterocycles. The van der Waals surface area contributed by atoms with Crippen molar-refractivity contribution >= 4 is 33.2 Å². The smallest absolute Gasteiger partial charge is 0.243 e. The van der Waals surface area contributed by atoms with Crippen molar-refractivity contribution in [2.45, 2.75) is 44.0 Å². The lowest BCUT2D eigenvalue weighted by atomic mass is 9.99. The SMILES string of the molecule is CC(=O)N1c2ccc(S(=O)(=O)N3CCC[C@@H](C(=O)Nc4cccc(F)c4)C3)cc2C[C@@H]1C. The van der Waals surface area contributed by atoms with E-state index in [1.165, 1.54) is 35.5 Å². The van der Waals surface area contributed by atoms with E-state index in [-0.39, 0.29) is 29.3 Å². The lowest BCUT2D eigenvalue weighted by Crippen LogP contribution is -2.43. The average molecular weight is 460 g/mol. The van der Waals surface area contributed by atoms with Crippen molar-refractivity contribution in [1.82, 2.24) is 4.31 Å². The topological polar surface area (TPSA) is 86.8 Å². The second-order valence-corrected chi connectivity index (χ2v) is 10.4. The van der Waals surface area contributed by atoms with Gasteiger partial charge in [0.15, 0.2) is 0 Å². The van der Waals surface area contributed by atoms with Crippen LogP contribution in [-0.4, -0.2) is 43.7 Å². The second-order valence-electron chi connectivity index (χ2n) is 8.43. The van der Waals surface area contributed by atoms with Crippen LogP contribution in [0.25, 0.3) is 0 Å². The number of piperidine rings is 1. The highest BCUT2D eigenvalue weighted by atomic mass is 32.2. The number of nitrogens with zero attached hydrogens (tertiary/aromatic N) is 2. The third-order valence-electron chi connectivity index (χ3n) is 6.09. The average Bonchev–Trinajstić information content (AvgIpc) is 3.09. The van der Waals surface area contributed by atoms with Crippen LogP contribution < -0.4 is 10.2 Å². The third kappa shape index (κ3) is 4.27. The molecule has 7 nitrogen and oxygen atoms in total. The first-order chi connectivity index (χ1) is 15.2. The molecule has 2 atom stereocenters. The van der Waals surface area contributed by atoms with Crippen LogP contribution in [0.1, 0.15) is 32.3 Å². The van der Waals surface area contributed by atoms with E-state index in [4.69, 9.17) is 0 Å². The molecule has 0 aliphatic carbocycles. The van der Waals surface area contributed by atoms with Gasteiger partial charge >= 0.3 is 0 Å². The molecular formula is C23H26FN3O4S. The van der Waals surface area contributed by atoms with E-state index in [0.717, 1.165) is 11.3 Å². The summed E-state index contributed by atoms with van der Waals surface area (Å²) in [6, 6.07) is 10.4. The molecule has 9 heteroatoms. The largest absolute Gasteiger partial charge is 0.326 e. The molecule has 2 aromatic rings. The molecule has 2 aliphatic rings. The van der Waals surface area contributed by atoms with Gasteiger partial charge in [0.05, 0.1) is 10.8 Å². The van der Waals surface area contributed by atoms with E-state index in [9.17, 15) is 22.4 Å². The fraction of sp³-hybridized carbons (Fsp3) is 0.391. The summed E-state index contributed by atoms with van der Waals surface area (Å²) >= 11 is 0. The van der Waals surface area contributed by atoms with Crippen LogP contribution >= 0.6 is 0 Å². The molecule has 1 N–H and O–H groups in total. The van der Waals surface area contributed by atoms with Crippen LogP contribution in [0, 0.1) is 11.7 Å². The monoisotopic (exact) mass is 459 g/mol. The molecule has 0 bridgehead atoms. The van der Waals surface area contributed by atoms with Crippen molar-refractivity contribution in [3.05, 3.63) is 53.8 Å². The molecule has 0 aromatic heterocycles. The van der Waals surface area contributed by atoms with Gasteiger partial charge in [-0.2, -0.15) is 4.31 Å². The number of anilines is 2. The lowest BCUT2D eigenvalue weighted by molar-refractivity contribution is -0.121. The molecule has 0 unspecified atom stereocenters. The molecule has 0 saturated carbocycles. The van der Waals surface area contributed by atoms with Gasteiger partial charge in [-0.15, -0.1) is 0 Å². The standard InChI is InChI=1S/C23H26FN3O4S/c1-15-11-18-12-21(8-9-22(18)27(15)16(2)28)32(30,31)26-10-4-5-17(14-26)23(29)25-20-7-3-6-19(24)13-20/h3,6-9,12-13,15,17H,4-5,10-11,14H2,1-2H3,(H,25,29)/t15-,17+/m0/s1. The second kappa shape index (κ2) is 8.63. The van der Waals surface area contributed by atoms with Gasteiger partial charge in [-0.05, 0) is 68.1 Å². The third-order valence-corrected chi connectivity index (χ3v) is 7.95. The van der Waals surface area contributed by atoms with E-state index in [0.29, 0.717) is 31.5 Å². The predicted molar refractivity (Wildman–Crippen MR) is 119 cm³/mol. The highest BCUT2D eigenvalue weighted by Crippen LogP contribution is 2.35. The lowest BCUT2D eigenvalue weighted by Gasteiger charge is -2.31. The Bertz CT molecular complexity index is 1170. The van der Waals surface area contributed by atoms with Crippen LogP contribution in [0.2, 0.25) is 0 Å². The van der Waals surface area contributed by atoms with E-state index in [1.807, 2.05) is 6.92 Å². The van der Waals surface area contributed by atoms with Crippen molar-refractivity contribution in [3.63, 3.8) is 0 Å². The van der Waals surface area contributed by atoms with Gasteiger partial charge in [-0.3, -0.25) is 9.59 Å². The summed E-state index contributed by atoms with van der Waals surface area (Å²) in [4.78, 5) is 26.5. The molecule has 0 spiro atoms. The Morgan fingerprint density at radius 3 is 2.66 bits per heavy atom. The van der Waals surface area contributed by atoms with Gasteiger partial charge in [0.25, 0.3) is 0 Å². The molecule has 32 heavy (non-hydrogen) atoms. The molecule has 4 rings (SSSR count). The number of fused-ring (bicyclic) bond motifs is 1. The predicted octanol–water partition coefficient (Wildman–Crippen LogP) is 3.16. The maximum Gasteiger partial charge on any atom is 0.243 e. The van der Waals surface area contributed by atoms with Gasteiger partial charge in [-0.25, -0.2) is 12.8 Å². The zero-order valence-corrected chi connectivity index (χ0v) is 18.9. The molecule has 2 amide bonds. The number of benzene rings is 2. The van der Waals surface area contributed by atoms with Gasteiger partial charge in [0.2, 0.25) is 21.8 Å². The fourth-order valence-electron chi connectivity index (χ4n) is 4.58. The normalized spacial score (nSPS) is 21.3. The minimum atomic E-state index is -3.79. The van der Waals surface area contributed by atoms with Crippen LogP contribution in [0.15, 0.2) is 47.4 Å². The summed E-state index contributed by atoms with van der Waals surface area (Å²) in [6.45, 7) is 3.83. The Morgan fingerprint density at radius 1 is 1.16 bits per heavy atom. The van der Waals surface area contributed by atoms with Crippen molar-refractivity contribution in [3.8, 4) is 0 Å². The number of nitrogens with one attached hydrogen (secondary N) is 1. The molecule has 2 aromatic carbocycles. The molecule has 2 aliphatic heterocycles. The van der Waals surface area contributed by atoms with Crippen LogP contribution in [0.4, 0.5) is 15.8 Å². The number of amides is 2. The van der Waals surface area contributed by atoms with E-state index in [2.05, 4.69) is 5.32 Å². The van der Waals surface area contributed by atoms with Crippen molar-refractivity contribution in [1.29, 1.82) is 0 Å². The van der Waals surface area contributed by atoms with E-state index < -0.39 is 21.8 Å². The van der Waals surface area contributed by atoms with Crippen LogP contribution in [0.5, 0.6) is 0 Å². The molecule has 170 valence electrons. The van der Waals surface area contributed by atoms with Gasteiger partial charge < -0.3 is 10.2 Å². The first kappa shape index (κ1) is 22.4. The number of halogens is 1. The minimum absolute atomic E-state index is 0.0219. The van der Waals surface area contributed by atoms with Crippen LogP contribution in [-0.2, 0) is 26.0 Å². The number of rotatable bonds is 4. The molecular weight excluding hydrogens is 433 g/mol. The maximum atomic E-state index is 13.4. The summed E-state index contributed by atoms with van der Waals surface area (Å²) in [5, 5.41) is 2.68. The Hall–Kier alpha value is -2.78. The Balaban J connectivity index is 1.51.